The maximum atomic E-state index is 9.50. The summed E-state index contributed by atoms with van der Waals surface area (Å²) < 4.78 is 13.0. The maximum absolute atomic E-state index is 9.50. The molecule has 1 aromatic carbocycles. The summed E-state index contributed by atoms with van der Waals surface area (Å²) >= 11 is 9.55. The van der Waals surface area contributed by atoms with E-state index >= 15 is 0 Å². The molecule has 0 spiro atoms. The number of ether oxygens (including phenoxy) is 2. The third-order valence-corrected chi connectivity index (χ3v) is 5.95. The molecule has 1 aliphatic carbocycles. The molecule has 5 nitrogen and oxygen atoms in total. The van der Waals surface area contributed by atoms with Gasteiger partial charge < -0.3 is 15.2 Å². The summed E-state index contributed by atoms with van der Waals surface area (Å²) in [7, 11) is 0. The van der Waals surface area contributed by atoms with Crippen molar-refractivity contribution >= 4 is 27.5 Å². The standard InChI is InChI=1S/C22H25BrClN3O2/c23-18-6-7-19(17(10-18)12-25)29-21-14-27-22(24)11-16(21)8-9-28-20(13-26)15-4-2-1-3-5-15/h6-7,10-11,14-15,20H,1-5,8-9,12,25H2. The van der Waals surface area contributed by atoms with E-state index in [1.807, 2.05) is 18.2 Å². The van der Waals surface area contributed by atoms with Gasteiger partial charge in [0.2, 0.25) is 0 Å². The molecule has 1 atom stereocenters. The molecular formula is C22H25BrClN3O2. The minimum absolute atomic E-state index is 0.334. The van der Waals surface area contributed by atoms with Gasteiger partial charge in [-0.15, -0.1) is 0 Å². The number of halogens is 2. The monoisotopic (exact) mass is 477 g/mol. The zero-order valence-electron chi connectivity index (χ0n) is 16.2. The second-order valence-corrected chi connectivity index (χ2v) is 8.54. The Morgan fingerprint density at radius 2 is 2.00 bits per heavy atom. The number of nitriles is 1. The summed E-state index contributed by atoms with van der Waals surface area (Å²) in [6, 6.07) is 9.82. The van der Waals surface area contributed by atoms with E-state index in [-0.39, 0.29) is 6.10 Å². The lowest BCUT2D eigenvalue weighted by atomic mass is 9.85. The molecule has 1 unspecified atom stereocenters. The van der Waals surface area contributed by atoms with Crippen molar-refractivity contribution in [3.05, 3.63) is 51.2 Å². The molecule has 1 heterocycles. The Bertz CT molecular complexity index is 866. The van der Waals surface area contributed by atoms with E-state index in [1.54, 1.807) is 12.3 Å². The van der Waals surface area contributed by atoms with Crippen molar-refractivity contribution in [2.45, 2.75) is 51.2 Å². The summed E-state index contributed by atoms with van der Waals surface area (Å²) in [6.07, 6.45) is 7.60. The predicted octanol–water partition coefficient (Wildman–Crippen LogP) is 5.78. The van der Waals surface area contributed by atoms with Crippen LogP contribution in [0.15, 0.2) is 34.9 Å². The number of pyridine rings is 1. The first-order valence-corrected chi connectivity index (χ1v) is 11.1. The highest BCUT2D eigenvalue weighted by atomic mass is 79.9. The Kier molecular flexibility index (Phi) is 8.31. The van der Waals surface area contributed by atoms with Gasteiger partial charge in [0, 0.05) is 22.1 Å². The quantitative estimate of drug-likeness (QED) is 0.486. The molecule has 1 aromatic heterocycles. The Hall–Kier alpha value is -1.65. The van der Waals surface area contributed by atoms with Crippen LogP contribution in [0.25, 0.3) is 0 Å². The highest BCUT2D eigenvalue weighted by Gasteiger charge is 2.24. The van der Waals surface area contributed by atoms with Crippen molar-refractivity contribution in [2.75, 3.05) is 6.61 Å². The van der Waals surface area contributed by atoms with Gasteiger partial charge in [0.25, 0.3) is 0 Å². The number of benzene rings is 1. The molecule has 0 amide bonds. The molecule has 2 aromatic rings. The van der Waals surface area contributed by atoms with Crippen molar-refractivity contribution in [3.8, 4) is 17.6 Å². The van der Waals surface area contributed by atoms with Crippen LogP contribution in [0.5, 0.6) is 11.5 Å². The summed E-state index contributed by atoms with van der Waals surface area (Å²) in [5, 5.41) is 9.90. The molecule has 2 N–H and O–H groups in total. The molecule has 1 saturated carbocycles. The van der Waals surface area contributed by atoms with Gasteiger partial charge in [-0.2, -0.15) is 5.26 Å². The van der Waals surface area contributed by atoms with Crippen LogP contribution in [0.2, 0.25) is 5.15 Å². The highest BCUT2D eigenvalue weighted by molar-refractivity contribution is 9.10. The van der Waals surface area contributed by atoms with Gasteiger partial charge in [-0.3, -0.25) is 0 Å². The van der Waals surface area contributed by atoms with Crippen LogP contribution in [0.4, 0.5) is 0 Å². The molecular weight excluding hydrogens is 454 g/mol. The van der Waals surface area contributed by atoms with E-state index in [0.29, 0.717) is 42.1 Å². The molecule has 154 valence electrons. The van der Waals surface area contributed by atoms with Gasteiger partial charge in [0.05, 0.1) is 18.9 Å². The van der Waals surface area contributed by atoms with Crippen molar-refractivity contribution < 1.29 is 9.47 Å². The summed E-state index contributed by atoms with van der Waals surface area (Å²) in [4.78, 5) is 4.15. The van der Waals surface area contributed by atoms with E-state index in [2.05, 4.69) is 27.0 Å². The smallest absolute Gasteiger partial charge is 0.149 e. The minimum Gasteiger partial charge on any atom is -0.455 e. The summed E-state index contributed by atoms with van der Waals surface area (Å²) in [5.41, 5.74) is 7.62. The molecule has 29 heavy (non-hydrogen) atoms. The molecule has 0 aliphatic heterocycles. The third kappa shape index (κ3) is 6.16. The Morgan fingerprint density at radius 3 is 2.72 bits per heavy atom. The van der Waals surface area contributed by atoms with Gasteiger partial charge in [-0.1, -0.05) is 46.8 Å². The van der Waals surface area contributed by atoms with E-state index in [1.165, 1.54) is 19.3 Å². The van der Waals surface area contributed by atoms with Crippen molar-refractivity contribution in [1.29, 1.82) is 5.26 Å². The fourth-order valence-electron chi connectivity index (χ4n) is 3.68. The number of aromatic nitrogens is 1. The lowest BCUT2D eigenvalue weighted by Gasteiger charge is -2.25. The van der Waals surface area contributed by atoms with Gasteiger partial charge in [0.1, 0.15) is 22.8 Å². The van der Waals surface area contributed by atoms with Crippen LogP contribution in [0, 0.1) is 17.2 Å². The molecule has 7 heteroatoms. The molecule has 1 fully saturated rings. The summed E-state index contributed by atoms with van der Waals surface area (Å²) in [6.45, 7) is 0.787. The zero-order chi connectivity index (χ0) is 20.6. The van der Waals surface area contributed by atoms with Crippen molar-refractivity contribution in [3.63, 3.8) is 0 Å². The SMILES string of the molecule is N#CC(OCCc1cc(Cl)ncc1Oc1ccc(Br)cc1CN)C1CCCCC1. The van der Waals surface area contributed by atoms with Crippen molar-refractivity contribution in [1.82, 2.24) is 4.98 Å². The van der Waals surface area contributed by atoms with Gasteiger partial charge >= 0.3 is 0 Å². The average molecular weight is 479 g/mol. The topological polar surface area (TPSA) is 81.2 Å². The van der Waals surface area contributed by atoms with E-state index in [0.717, 1.165) is 28.4 Å². The number of rotatable bonds is 8. The van der Waals surface area contributed by atoms with Crippen LogP contribution in [-0.4, -0.2) is 17.7 Å². The second-order valence-electron chi connectivity index (χ2n) is 7.24. The molecule has 0 bridgehead atoms. The first-order chi connectivity index (χ1) is 14.1. The third-order valence-electron chi connectivity index (χ3n) is 5.25. The fourth-order valence-corrected chi connectivity index (χ4v) is 4.27. The number of nitrogens with zero attached hydrogens (tertiary/aromatic N) is 2. The highest BCUT2D eigenvalue weighted by Crippen LogP contribution is 2.32. The fraction of sp³-hybridized carbons (Fsp3) is 0.455. The van der Waals surface area contributed by atoms with E-state index < -0.39 is 0 Å². The first-order valence-electron chi connectivity index (χ1n) is 9.92. The maximum Gasteiger partial charge on any atom is 0.149 e. The normalized spacial score (nSPS) is 15.7. The second kappa shape index (κ2) is 10.9. The lowest BCUT2D eigenvalue weighted by molar-refractivity contribution is 0.0385. The van der Waals surface area contributed by atoms with E-state index in [9.17, 15) is 5.26 Å². The Morgan fingerprint density at radius 1 is 1.21 bits per heavy atom. The van der Waals surface area contributed by atoms with Crippen molar-refractivity contribution in [2.24, 2.45) is 11.7 Å². The minimum atomic E-state index is -0.354. The predicted molar refractivity (Wildman–Crippen MR) is 117 cm³/mol. The van der Waals surface area contributed by atoms with Crippen LogP contribution in [0.1, 0.15) is 43.2 Å². The Labute approximate surface area is 185 Å². The molecule has 0 radical (unpaired) electrons. The van der Waals surface area contributed by atoms with Crippen LogP contribution >= 0.6 is 27.5 Å². The Balaban J connectivity index is 1.68. The molecule has 0 saturated heterocycles. The zero-order valence-corrected chi connectivity index (χ0v) is 18.6. The van der Waals surface area contributed by atoms with E-state index in [4.69, 9.17) is 26.8 Å². The number of hydrogen-bond donors (Lipinski definition) is 1. The number of nitrogens with two attached hydrogens (primary N) is 1. The lowest BCUT2D eigenvalue weighted by Crippen LogP contribution is -2.25. The van der Waals surface area contributed by atoms with Gasteiger partial charge in [0.15, 0.2) is 0 Å². The summed E-state index contributed by atoms with van der Waals surface area (Å²) in [5.74, 6) is 1.63. The molecule has 3 rings (SSSR count). The van der Waals surface area contributed by atoms with Gasteiger partial charge in [-0.25, -0.2) is 4.98 Å². The van der Waals surface area contributed by atoms with Crippen LogP contribution in [0.3, 0.4) is 0 Å². The van der Waals surface area contributed by atoms with Crippen LogP contribution in [-0.2, 0) is 17.7 Å². The van der Waals surface area contributed by atoms with Crippen LogP contribution < -0.4 is 10.5 Å². The molecule has 1 aliphatic rings. The average Bonchev–Trinajstić information content (AvgIpc) is 2.74. The first kappa shape index (κ1) is 22.0. The van der Waals surface area contributed by atoms with Gasteiger partial charge in [-0.05, 0) is 49.4 Å². The largest absolute Gasteiger partial charge is 0.455 e. The number of hydrogen-bond acceptors (Lipinski definition) is 5.